The molecule has 56 valence electrons. The fourth-order valence-electron chi connectivity index (χ4n) is 0. The SMILES string of the molecule is [La+3].[La+3].[O-2].[O-2].[O-2].[O-2].[O-2].[O-2].[O-2].[Zr+4].[Zr+4]. The summed E-state index contributed by atoms with van der Waals surface area (Å²) in [5.74, 6) is 0. The Morgan fingerprint density at radius 3 is 0.273 bits per heavy atom. The third kappa shape index (κ3) is 130. The molecular formula is La2O7Zr2. The smallest absolute Gasteiger partial charge is 2.00 e. The van der Waals surface area contributed by atoms with Crippen LogP contribution in [0.1, 0.15) is 0 Å². The van der Waals surface area contributed by atoms with Crippen molar-refractivity contribution in [3.63, 3.8) is 0 Å². The molecule has 7 nitrogen and oxygen atoms in total. The zero-order chi connectivity index (χ0) is 0. The van der Waals surface area contributed by atoms with Crippen LogP contribution >= 0.6 is 0 Å². The van der Waals surface area contributed by atoms with Crippen LogP contribution in [-0.4, -0.2) is 0 Å². The molecule has 0 spiro atoms. The van der Waals surface area contributed by atoms with Crippen molar-refractivity contribution in [2.45, 2.75) is 0 Å². The van der Waals surface area contributed by atoms with Crippen LogP contribution < -0.4 is 0 Å². The van der Waals surface area contributed by atoms with E-state index in [4.69, 9.17) is 0 Å². The van der Waals surface area contributed by atoms with Crippen LogP contribution in [0.2, 0.25) is 0 Å². The van der Waals surface area contributed by atoms with E-state index in [2.05, 4.69) is 0 Å². The van der Waals surface area contributed by atoms with Crippen molar-refractivity contribution in [3.05, 3.63) is 0 Å². The Bertz CT molecular complexity index is 14.4. The maximum atomic E-state index is 0. The van der Waals surface area contributed by atoms with Crippen LogP contribution in [0, 0.1) is 71.2 Å². The van der Waals surface area contributed by atoms with Crippen molar-refractivity contribution in [3.8, 4) is 0 Å². The Labute approximate surface area is 158 Å². The first-order chi connectivity index (χ1) is 0. The van der Waals surface area contributed by atoms with Gasteiger partial charge in [0.05, 0.1) is 0 Å². The molecule has 0 aromatic carbocycles. The minimum Gasteiger partial charge on any atom is -2.00 e. The average molecular weight is 572 g/mol. The predicted octanol–water partition coefficient (Wildman–Crippen LogP) is -0.837. The molecule has 0 aliphatic heterocycles. The Morgan fingerprint density at radius 1 is 0.273 bits per heavy atom. The third-order valence-corrected chi connectivity index (χ3v) is 0. The first-order valence-corrected chi connectivity index (χ1v) is 0. The maximum Gasteiger partial charge on any atom is 4.00 e. The van der Waals surface area contributed by atoms with E-state index in [0.717, 1.165) is 0 Å². The first-order valence-electron chi connectivity index (χ1n) is 0. The Morgan fingerprint density at radius 2 is 0.273 bits per heavy atom. The molecule has 0 atom stereocenters. The molecule has 0 rings (SSSR count). The summed E-state index contributed by atoms with van der Waals surface area (Å²) in [5.41, 5.74) is 0. The van der Waals surface area contributed by atoms with Gasteiger partial charge in [-0.3, -0.25) is 0 Å². The van der Waals surface area contributed by atoms with Gasteiger partial charge < -0.3 is 38.3 Å². The molecule has 0 saturated carbocycles. The number of hydrogen-bond donors (Lipinski definition) is 0. The van der Waals surface area contributed by atoms with E-state index in [0.29, 0.717) is 0 Å². The second-order valence-corrected chi connectivity index (χ2v) is 0. The van der Waals surface area contributed by atoms with Gasteiger partial charge >= 0.3 is 124 Å². The van der Waals surface area contributed by atoms with E-state index in [-0.39, 0.29) is 162 Å². The van der Waals surface area contributed by atoms with Gasteiger partial charge in [-0.05, 0) is 0 Å². The molecule has 0 saturated heterocycles. The molecule has 0 aliphatic carbocycles. The molecule has 11 heteroatoms. The van der Waals surface area contributed by atoms with Crippen molar-refractivity contribution >= 4 is 0 Å². The van der Waals surface area contributed by atoms with Gasteiger partial charge in [0, 0.05) is 0 Å². The molecule has 0 aromatic heterocycles. The van der Waals surface area contributed by atoms with Crippen molar-refractivity contribution < 1.29 is 162 Å². The van der Waals surface area contributed by atoms with E-state index in [1.165, 1.54) is 0 Å². The summed E-state index contributed by atoms with van der Waals surface area (Å²) < 4.78 is 0. The molecule has 11 heavy (non-hydrogen) atoms. The van der Waals surface area contributed by atoms with Gasteiger partial charge in [0.15, 0.2) is 0 Å². The fraction of sp³-hybridized carbons (Fsp3) is 0. The zero-order valence-corrected chi connectivity index (χ0v) is 17.2. The quantitative estimate of drug-likeness (QED) is 0.349. The molecule has 0 amide bonds. The van der Waals surface area contributed by atoms with Crippen molar-refractivity contribution in [1.82, 2.24) is 0 Å². The summed E-state index contributed by atoms with van der Waals surface area (Å²) in [5, 5.41) is 0. The van der Waals surface area contributed by atoms with Gasteiger partial charge in [-0.25, -0.2) is 0 Å². The second-order valence-electron chi connectivity index (χ2n) is 0. The van der Waals surface area contributed by atoms with Gasteiger partial charge in [0.2, 0.25) is 0 Å². The van der Waals surface area contributed by atoms with Crippen LogP contribution in [0.25, 0.3) is 0 Å². The molecule has 0 unspecified atom stereocenters. The summed E-state index contributed by atoms with van der Waals surface area (Å²) in [4.78, 5) is 0. The largest absolute Gasteiger partial charge is 4.00 e. The number of rotatable bonds is 0. The van der Waals surface area contributed by atoms with Crippen LogP contribution in [0.5, 0.6) is 0 Å². The predicted molar refractivity (Wildman–Crippen MR) is 4.81 cm³/mol. The standard InChI is InChI=1S/2La.7O.2Zr/q2*+3;7*-2;2*+4. The second kappa shape index (κ2) is 153. The molecule has 0 radical (unpaired) electrons. The molecule has 0 fully saturated rings. The topological polar surface area (TPSA) is 200 Å². The molecule has 0 heterocycles. The molecule has 0 N–H and O–H groups in total. The Balaban J connectivity index is 0. The van der Waals surface area contributed by atoms with E-state index >= 15 is 0 Å². The van der Waals surface area contributed by atoms with Crippen molar-refractivity contribution in [2.24, 2.45) is 0 Å². The van der Waals surface area contributed by atoms with E-state index in [9.17, 15) is 0 Å². The zero-order valence-electron chi connectivity index (χ0n) is 5.01. The van der Waals surface area contributed by atoms with Gasteiger partial charge in [-0.15, -0.1) is 0 Å². The summed E-state index contributed by atoms with van der Waals surface area (Å²) in [6.07, 6.45) is 0. The van der Waals surface area contributed by atoms with Gasteiger partial charge in [0.1, 0.15) is 0 Å². The van der Waals surface area contributed by atoms with Crippen molar-refractivity contribution in [1.29, 1.82) is 0 Å². The minimum atomic E-state index is 0. The van der Waals surface area contributed by atoms with Crippen LogP contribution in [0.3, 0.4) is 0 Å². The monoisotopic (exact) mass is 570 g/mol. The third-order valence-electron chi connectivity index (χ3n) is 0. The van der Waals surface area contributed by atoms with Crippen LogP contribution in [0.15, 0.2) is 0 Å². The van der Waals surface area contributed by atoms with Crippen molar-refractivity contribution in [2.75, 3.05) is 0 Å². The van der Waals surface area contributed by atoms with Gasteiger partial charge in [-0.2, -0.15) is 0 Å². The maximum absolute atomic E-state index is 0. The summed E-state index contributed by atoms with van der Waals surface area (Å²) in [6, 6.07) is 0. The minimum absolute atomic E-state index is 0. The normalized spacial score (nSPS) is 0. The Kier molecular flexibility index (Phi) is 2650. The molecule has 0 bridgehead atoms. The molecule has 0 aromatic rings. The molecule has 0 aliphatic rings. The Hall–Kier alpha value is 3.88. The fourth-order valence-corrected chi connectivity index (χ4v) is 0. The van der Waals surface area contributed by atoms with E-state index < -0.39 is 0 Å². The van der Waals surface area contributed by atoms with Crippen LogP contribution in [-0.2, 0) is 90.7 Å². The van der Waals surface area contributed by atoms with E-state index in [1.54, 1.807) is 0 Å². The van der Waals surface area contributed by atoms with Gasteiger partial charge in [-0.1, -0.05) is 0 Å². The molecular weight excluding hydrogens is 572 g/mol. The van der Waals surface area contributed by atoms with E-state index in [1.807, 2.05) is 0 Å². The first kappa shape index (κ1) is 191. The summed E-state index contributed by atoms with van der Waals surface area (Å²) >= 11 is 0. The summed E-state index contributed by atoms with van der Waals surface area (Å²) in [7, 11) is 0. The van der Waals surface area contributed by atoms with Crippen LogP contribution in [0.4, 0.5) is 0 Å². The van der Waals surface area contributed by atoms with Gasteiger partial charge in [0.25, 0.3) is 0 Å². The number of hydrogen-bond acceptors (Lipinski definition) is 0. The average Bonchev–Trinajstić information content (AvgIpc) is 0. The summed E-state index contributed by atoms with van der Waals surface area (Å²) in [6.45, 7) is 0.